The monoisotopic (exact) mass is 398 g/mol. The predicted octanol–water partition coefficient (Wildman–Crippen LogP) is 2.60. The van der Waals surface area contributed by atoms with Gasteiger partial charge in [0.2, 0.25) is 0 Å². The number of halogens is 2. The van der Waals surface area contributed by atoms with Gasteiger partial charge in [-0.05, 0) is 30.7 Å². The van der Waals surface area contributed by atoms with Gasteiger partial charge in [0, 0.05) is 57.6 Å². The van der Waals surface area contributed by atoms with E-state index in [2.05, 4.69) is 20.6 Å². The van der Waals surface area contributed by atoms with Crippen LogP contribution in [0.5, 0.6) is 0 Å². The van der Waals surface area contributed by atoms with E-state index in [1.54, 1.807) is 7.05 Å². The molecule has 2 aromatic heterocycles. The molecule has 1 saturated heterocycles. The Labute approximate surface area is 168 Å². The number of fused-ring (bicyclic) bond motifs is 1. The smallest absolute Gasteiger partial charge is 0.191 e. The van der Waals surface area contributed by atoms with E-state index < -0.39 is 11.6 Å². The molecule has 6 nitrogen and oxygen atoms in total. The number of guanidine groups is 1. The third-order valence-electron chi connectivity index (χ3n) is 5.09. The highest BCUT2D eigenvalue weighted by Crippen LogP contribution is 2.24. The Balaban J connectivity index is 1.28. The highest BCUT2D eigenvalue weighted by molar-refractivity contribution is 5.80. The van der Waals surface area contributed by atoms with Crippen LogP contribution in [0, 0.1) is 11.6 Å². The number of hydrogen-bond acceptors (Lipinski definition) is 3. The number of aromatic nitrogens is 2. The number of rotatable bonds is 5. The van der Waals surface area contributed by atoms with Crippen LogP contribution in [-0.2, 0) is 6.42 Å². The second-order valence-corrected chi connectivity index (χ2v) is 7.12. The molecule has 0 spiro atoms. The van der Waals surface area contributed by atoms with E-state index in [0.717, 1.165) is 30.2 Å². The van der Waals surface area contributed by atoms with Crippen molar-refractivity contribution in [3.8, 4) is 0 Å². The number of imidazole rings is 1. The Morgan fingerprint density at radius 2 is 2.17 bits per heavy atom. The first-order valence-electron chi connectivity index (χ1n) is 9.72. The lowest BCUT2D eigenvalue weighted by Gasteiger charge is -2.21. The number of nitrogens with one attached hydrogen (secondary N) is 2. The number of aliphatic imine (C=N–C) groups is 1. The van der Waals surface area contributed by atoms with Crippen molar-refractivity contribution in [3.05, 3.63) is 66.1 Å². The van der Waals surface area contributed by atoms with Gasteiger partial charge in [-0.3, -0.25) is 4.99 Å². The summed E-state index contributed by atoms with van der Waals surface area (Å²) in [7, 11) is 1.73. The molecular weight excluding hydrogens is 374 g/mol. The fourth-order valence-corrected chi connectivity index (χ4v) is 3.64. The van der Waals surface area contributed by atoms with Crippen LogP contribution in [0.15, 0.2) is 53.8 Å². The van der Waals surface area contributed by atoms with Crippen molar-refractivity contribution in [2.24, 2.45) is 4.99 Å². The van der Waals surface area contributed by atoms with Crippen LogP contribution in [0.3, 0.4) is 0 Å². The van der Waals surface area contributed by atoms with Gasteiger partial charge < -0.3 is 19.9 Å². The summed E-state index contributed by atoms with van der Waals surface area (Å²) in [6, 6.07) is 9.78. The minimum Gasteiger partial charge on any atom is -0.367 e. The highest BCUT2D eigenvalue weighted by Gasteiger charge is 2.25. The van der Waals surface area contributed by atoms with Crippen LogP contribution in [0.1, 0.15) is 12.1 Å². The minimum absolute atomic E-state index is 0.140. The van der Waals surface area contributed by atoms with Crippen LogP contribution < -0.4 is 15.5 Å². The van der Waals surface area contributed by atoms with E-state index in [1.807, 2.05) is 39.9 Å². The number of anilines is 1. The molecule has 0 saturated carbocycles. The molecule has 0 amide bonds. The third-order valence-corrected chi connectivity index (χ3v) is 5.09. The van der Waals surface area contributed by atoms with Gasteiger partial charge in [-0.25, -0.2) is 13.8 Å². The van der Waals surface area contributed by atoms with Crippen molar-refractivity contribution in [1.29, 1.82) is 0 Å². The topological polar surface area (TPSA) is 57.0 Å². The molecule has 1 unspecified atom stereocenters. The van der Waals surface area contributed by atoms with Crippen molar-refractivity contribution >= 4 is 17.3 Å². The van der Waals surface area contributed by atoms with Crippen LogP contribution in [0.25, 0.3) is 5.65 Å². The van der Waals surface area contributed by atoms with Gasteiger partial charge in [-0.1, -0.05) is 6.07 Å². The van der Waals surface area contributed by atoms with Gasteiger partial charge >= 0.3 is 0 Å². The molecule has 0 aliphatic carbocycles. The van der Waals surface area contributed by atoms with Gasteiger partial charge in [-0.2, -0.15) is 0 Å². The summed E-state index contributed by atoms with van der Waals surface area (Å²) in [4.78, 5) is 10.8. The summed E-state index contributed by atoms with van der Waals surface area (Å²) in [5.74, 6) is -0.379. The predicted molar refractivity (Wildman–Crippen MR) is 110 cm³/mol. The van der Waals surface area contributed by atoms with Gasteiger partial charge in [0.05, 0.1) is 11.4 Å². The lowest BCUT2D eigenvalue weighted by molar-refractivity contribution is 0.580. The molecule has 0 bridgehead atoms. The van der Waals surface area contributed by atoms with Crippen LogP contribution in [0.2, 0.25) is 0 Å². The SMILES string of the molecule is CN=C(NCCc1cn2ccccc2n1)NC1CCN(c2ccc(F)cc2F)C1. The first-order valence-corrected chi connectivity index (χ1v) is 9.72. The summed E-state index contributed by atoms with van der Waals surface area (Å²) in [5, 5.41) is 6.69. The molecule has 8 heteroatoms. The van der Waals surface area contributed by atoms with Gasteiger partial charge in [0.25, 0.3) is 0 Å². The quantitative estimate of drug-likeness (QED) is 0.512. The molecule has 1 aromatic carbocycles. The van der Waals surface area contributed by atoms with Gasteiger partial charge in [0.1, 0.15) is 17.3 Å². The third kappa shape index (κ3) is 4.47. The summed E-state index contributed by atoms with van der Waals surface area (Å²) in [5.41, 5.74) is 2.38. The van der Waals surface area contributed by atoms with Crippen LogP contribution in [-0.4, -0.2) is 48.1 Å². The molecular formula is C21H24F2N6. The second-order valence-electron chi connectivity index (χ2n) is 7.12. The van der Waals surface area contributed by atoms with Crippen molar-refractivity contribution in [1.82, 2.24) is 20.0 Å². The highest BCUT2D eigenvalue weighted by atomic mass is 19.1. The van der Waals surface area contributed by atoms with Crippen LogP contribution >= 0.6 is 0 Å². The maximum atomic E-state index is 14.0. The molecule has 1 fully saturated rings. The molecule has 1 aliphatic heterocycles. The zero-order valence-electron chi connectivity index (χ0n) is 16.3. The molecule has 152 valence electrons. The van der Waals surface area contributed by atoms with Gasteiger partial charge in [0.15, 0.2) is 5.96 Å². The van der Waals surface area contributed by atoms with E-state index in [-0.39, 0.29) is 6.04 Å². The molecule has 2 N–H and O–H groups in total. The minimum atomic E-state index is -0.560. The number of pyridine rings is 1. The van der Waals surface area contributed by atoms with E-state index in [1.165, 1.54) is 12.1 Å². The lowest BCUT2D eigenvalue weighted by Crippen LogP contribution is -2.45. The normalized spacial score (nSPS) is 17.1. The number of nitrogens with zero attached hydrogens (tertiary/aromatic N) is 4. The average molecular weight is 398 g/mol. The first-order chi connectivity index (χ1) is 14.1. The summed E-state index contributed by atoms with van der Waals surface area (Å²) in [6.45, 7) is 2.04. The van der Waals surface area contributed by atoms with Crippen molar-refractivity contribution < 1.29 is 8.78 Å². The molecule has 3 aromatic rings. The zero-order chi connectivity index (χ0) is 20.2. The Morgan fingerprint density at radius 1 is 1.28 bits per heavy atom. The summed E-state index contributed by atoms with van der Waals surface area (Å²) in [6.07, 6.45) is 5.64. The molecule has 3 heterocycles. The van der Waals surface area contributed by atoms with Crippen molar-refractivity contribution in [3.63, 3.8) is 0 Å². The molecule has 4 rings (SSSR count). The lowest BCUT2D eigenvalue weighted by atomic mass is 10.2. The van der Waals surface area contributed by atoms with E-state index in [0.29, 0.717) is 31.3 Å². The Morgan fingerprint density at radius 3 is 2.97 bits per heavy atom. The Kier molecular flexibility index (Phi) is 5.59. The van der Waals surface area contributed by atoms with E-state index in [9.17, 15) is 8.78 Å². The fraction of sp³-hybridized carbons (Fsp3) is 0.333. The molecule has 1 atom stereocenters. The average Bonchev–Trinajstić information content (AvgIpc) is 3.33. The van der Waals surface area contributed by atoms with Crippen molar-refractivity contribution in [2.75, 3.05) is 31.6 Å². The van der Waals surface area contributed by atoms with Crippen LogP contribution in [0.4, 0.5) is 14.5 Å². The zero-order valence-corrected chi connectivity index (χ0v) is 16.3. The number of benzene rings is 1. The summed E-state index contributed by atoms with van der Waals surface area (Å²) >= 11 is 0. The molecule has 29 heavy (non-hydrogen) atoms. The Hall–Kier alpha value is -3.16. The standard InChI is InChI=1S/C21H24F2N6/c1-24-21(25-9-7-16-14-29-10-3-2-4-20(29)26-16)27-17-8-11-28(13-17)19-6-5-15(22)12-18(19)23/h2-6,10,12,14,17H,7-9,11,13H2,1H3,(H2,24,25,27). The maximum absolute atomic E-state index is 14.0. The fourth-order valence-electron chi connectivity index (χ4n) is 3.64. The second kappa shape index (κ2) is 8.46. The summed E-state index contributed by atoms with van der Waals surface area (Å²) < 4.78 is 29.2. The maximum Gasteiger partial charge on any atom is 0.191 e. The van der Waals surface area contributed by atoms with E-state index in [4.69, 9.17) is 0 Å². The first kappa shape index (κ1) is 19.2. The van der Waals surface area contributed by atoms with Gasteiger partial charge in [-0.15, -0.1) is 0 Å². The van der Waals surface area contributed by atoms with Crippen molar-refractivity contribution in [2.45, 2.75) is 18.9 Å². The largest absolute Gasteiger partial charge is 0.367 e. The molecule has 0 radical (unpaired) electrons. The number of hydrogen-bond donors (Lipinski definition) is 2. The van der Waals surface area contributed by atoms with E-state index >= 15 is 0 Å². The molecule has 1 aliphatic rings. The Bertz CT molecular complexity index is 982.